The van der Waals surface area contributed by atoms with E-state index in [-0.39, 0.29) is 17.2 Å². The molecule has 0 saturated heterocycles. The zero-order valence-electron chi connectivity index (χ0n) is 65.9. The van der Waals surface area contributed by atoms with Crippen molar-refractivity contribution in [3.8, 4) is 17.2 Å². The molecular formula is C90H84Br10IN3O14. The SMILES string of the molecule is CCN(CC)c1ccc(C=O)cc1Br.CN(C)c1ccc(C=O)cc1Br.Cc1cc(Br)c(O)c(C=O)c1.Cc1cc(C=O)cc(Br)c1C.Cc1cc(C=O)cc(I)c1O.Cc1ccc(C=O)c(Br)c1O.Cc1ccc(C=O)cc1Br.Cc1ccc(C=O)cc1Br.Cc1ccc(C=O)cc1Br.O=Cc1ccccc1Br.O=Cc1cncc(Br)c1. The number of halogens is 11. The Hall–Kier alpha value is -7.75. The van der Waals surface area contributed by atoms with E-state index >= 15 is 0 Å². The summed E-state index contributed by atoms with van der Waals surface area (Å²) in [6, 6.07) is 50.5. The molecule has 0 radical (unpaired) electrons. The Kier molecular flexibility index (Phi) is 54.2. The van der Waals surface area contributed by atoms with Crippen LogP contribution in [0.5, 0.6) is 17.2 Å². The van der Waals surface area contributed by atoms with Gasteiger partial charge in [0.25, 0.3) is 0 Å². The third-order valence-corrected chi connectivity index (χ3v) is 23.8. The number of phenolic OH excluding ortho intramolecular Hbond substituents is 3. The number of carbonyl (C=O) groups excluding carboxylic acids is 11. The summed E-state index contributed by atoms with van der Waals surface area (Å²) in [4.78, 5) is 121. The highest BCUT2D eigenvalue weighted by atomic mass is 127. The molecule has 1 aromatic heterocycles. The first kappa shape index (κ1) is 108. The summed E-state index contributed by atoms with van der Waals surface area (Å²) in [7, 11) is 3.92. The number of anilines is 2. The number of aryl methyl sites for hydroxylation is 7. The van der Waals surface area contributed by atoms with Gasteiger partial charge in [-0.2, -0.15) is 0 Å². The fourth-order valence-electron chi connectivity index (χ4n) is 8.85. The quantitative estimate of drug-likeness (QED) is 0.0636. The molecule has 0 spiro atoms. The van der Waals surface area contributed by atoms with Crippen LogP contribution in [0.15, 0.2) is 227 Å². The van der Waals surface area contributed by atoms with Gasteiger partial charge in [0.15, 0.2) is 25.1 Å². The molecular weight excluding hydrogens is 2270 g/mol. The van der Waals surface area contributed by atoms with Crippen LogP contribution >= 0.6 is 182 Å². The maximum atomic E-state index is 10.5. The Morgan fingerprint density at radius 3 is 1.07 bits per heavy atom. The van der Waals surface area contributed by atoms with Gasteiger partial charge in [-0.25, -0.2) is 0 Å². The lowest BCUT2D eigenvalue weighted by atomic mass is 10.1. The van der Waals surface area contributed by atoms with Gasteiger partial charge in [-0.1, -0.05) is 146 Å². The van der Waals surface area contributed by atoms with Gasteiger partial charge in [0, 0.05) is 131 Å². The van der Waals surface area contributed by atoms with E-state index < -0.39 is 0 Å². The highest BCUT2D eigenvalue weighted by Gasteiger charge is 2.10. The molecule has 11 aromatic rings. The smallest absolute Gasteiger partial charge is 0.153 e. The van der Waals surface area contributed by atoms with E-state index in [0.29, 0.717) is 80.7 Å². The van der Waals surface area contributed by atoms with Crippen LogP contribution in [-0.4, -0.2) is 117 Å². The number of aldehydes is 11. The van der Waals surface area contributed by atoms with Crippen LogP contribution in [0.3, 0.4) is 0 Å². The van der Waals surface area contributed by atoms with Gasteiger partial charge in [0.05, 0.1) is 29.5 Å². The van der Waals surface area contributed by atoms with Crippen molar-refractivity contribution in [2.45, 2.75) is 69.2 Å². The molecule has 0 atom stereocenters. The van der Waals surface area contributed by atoms with E-state index in [0.717, 1.165) is 161 Å². The van der Waals surface area contributed by atoms with E-state index in [2.05, 4.69) is 183 Å². The Labute approximate surface area is 786 Å². The van der Waals surface area contributed by atoms with Gasteiger partial charge in [0.2, 0.25) is 0 Å². The maximum Gasteiger partial charge on any atom is 0.153 e. The number of rotatable bonds is 15. The second-order valence-electron chi connectivity index (χ2n) is 24.7. The van der Waals surface area contributed by atoms with Crippen molar-refractivity contribution in [3.05, 3.63) is 336 Å². The molecule has 0 saturated carbocycles. The van der Waals surface area contributed by atoms with Crippen LogP contribution in [0, 0.1) is 59.0 Å². The number of phenols is 3. The van der Waals surface area contributed by atoms with Crippen molar-refractivity contribution >= 4 is 262 Å². The highest BCUT2D eigenvalue weighted by Crippen LogP contribution is 2.32. The fourth-order valence-corrected chi connectivity index (χ4v) is 14.7. The van der Waals surface area contributed by atoms with Gasteiger partial charge >= 0.3 is 0 Å². The lowest BCUT2D eigenvalue weighted by Gasteiger charge is -2.22. The Morgan fingerprint density at radius 1 is 0.322 bits per heavy atom. The molecule has 0 aliphatic heterocycles. The number of nitrogens with zero attached hydrogens (tertiary/aromatic N) is 3. The summed E-state index contributed by atoms with van der Waals surface area (Å²) in [5, 5.41) is 27.9. The molecule has 620 valence electrons. The second kappa shape index (κ2) is 59.0. The standard InChI is InChI=1S/C11H14BrNO.C9H10BrNO.C9H9BrO.2C8H7BrO2.3C8H7BrO.C8H7IO2.C7H5BrO.C6H4BrNO/c1-3-13(4-2)11-6-5-9(8-14)7-10(11)12;1-11(2)9-4-3-7(6-12)5-8(9)10;1-6-3-8(5-11)4-9(10)7(6)2;1-5-2-6(4-10)8(11)7(9)3-5;1-5-2-3-6(4-10)7(9)8(5)11;3*1-6-2-3-7(5-10)4-8(6)9;1-5-2-6(4-10)3-7(9)8(5)11;8-7-4-2-1-3-6(7)5-9;7-6-1-5(4-9)2-8-3-6/h5-8H,3-4H2,1-2H3;3-6H,1-2H3;3-5H,1-2H3;2*2-4,11H,1H3;3*2-5H,1H3;2-4,11H,1H3;1-5H;1-4H. The Balaban J connectivity index is 0.000000650. The van der Waals surface area contributed by atoms with Gasteiger partial charge in [0.1, 0.15) is 61.3 Å². The third kappa shape index (κ3) is 39.6. The number of aromatic hydroxyl groups is 3. The monoisotopic (exact) mass is 2350 g/mol. The second-order valence-corrected chi connectivity index (χ2v) is 34.4. The Morgan fingerprint density at radius 2 is 0.712 bits per heavy atom. The van der Waals surface area contributed by atoms with Gasteiger partial charge in [-0.05, 0) is 319 Å². The predicted molar refractivity (Wildman–Crippen MR) is 518 cm³/mol. The zero-order valence-corrected chi connectivity index (χ0v) is 83.9. The van der Waals surface area contributed by atoms with E-state index in [1.54, 1.807) is 92.8 Å². The van der Waals surface area contributed by atoms with E-state index in [1.165, 1.54) is 11.8 Å². The van der Waals surface area contributed by atoms with Crippen molar-refractivity contribution in [2.75, 3.05) is 37.0 Å². The molecule has 0 unspecified atom stereocenters. The van der Waals surface area contributed by atoms with E-state index in [4.69, 9.17) is 0 Å². The van der Waals surface area contributed by atoms with Gasteiger partial charge < -0.3 is 25.1 Å². The molecule has 0 fully saturated rings. The minimum absolute atomic E-state index is 0.00519. The molecule has 0 bridgehead atoms. The molecule has 3 N–H and O–H groups in total. The number of benzene rings is 10. The molecule has 1 heterocycles. The van der Waals surface area contributed by atoms with Crippen molar-refractivity contribution in [3.63, 3.8) is 0 Å². The molecule has 0 amide bonds. The number of hydrogen-bond acceptors (Lipinski definition) is 17. The number of pyridine rings is 1. The average molecular weight is 2360 g/mol. The molecule has 10 aromatic carbocycles. The third-order valence-electron chi connectivity index (χ3n) is 15.7. The first-order chi connectivity index (χ1) is 55.9. The lowest BCUT2D eigenvalue weighted by molar-refractivity contribution is 0.111. The van der Waals surface area contributed by atoms with Crippen LogP contribution in [0.1, 0.15) is 172 Å². The first-order valence-electron chi connectivity index (χ1n) is 34.7. The summed E-state index contributed by atoms with van der Waals surface area (Å²) in [6.07, 6.45) is 11.9. The van der Waals surface area contributed by atoms with Gasteiger partial charge in [-0.3, -0.25) is 57.7 Å². The summed E-state index contributed by atoms with van der Waals surface area (Å²) >= 11 is 34.9. The van der Waals surface area contributed by atoms with Crippen molar-refractivity contribution < 1.29 is 68.1 Å². The predicted octanol–water partition coefficient (Wildman–Crippen LogP) is 26.6. The van der Waals surface area contributed by atoms with Crippen molar-refractivity contribution in [1.82, 2.24) is 4.98 Å². The van der Waals surface area contributed by atoms with Crippen molar-refractivity contribution in [2.24, 2.45) is 0 Å². The molecule has 0 aliphatic rings. The fraction of sp³-hybridized carbons (Fsp3) is 0.156. The number of aromatic nitrogens is 1. The zero-order chi connectivity index (χ0) is 89.5. The average Bonchev–Trinajstić information content (AvgIpc) is 0.875. The summed E-state index contributed by atoms with van der Waals surface area (Å²) in [5.74, 6) is 0.399. The molecule has 28 heteroatoms. The molecule has 17 nitrogen and oxygen atoms in total. The Bertz CT molecular complexity index is 4980. The molecule has 0 aliphatic carbocycles. The normalized spacial score (nSPS) is 9.52. The van der Waals surface area contributed by atoms with E-state index in [9.17, 15) is 68.1 Å². The minimum Gasteiger partial charge on any atom is -0.507 e. The topological polar surface area (TPSA) is 268 Å². The first-order valence-corrected chi connectivity index (χ1v) is 43.7. The number of hydrogen-bond donors (Lipinski definition) is 3. The summed E-state index contributed by atoms with van der Waals surface area (Å²) in [5.41, 5.74) is 17.3. The summed E-state index contributed by atoms with van der Waals surface area (Å²) < 4.78 is 9.28. The van der Waals surface area contributed by atoms with Crippen LogP contribution in [0.2, 0.25) is 0 Å². The minimum atomic E-state index is 0.00519. The lowest BCUT2D eigenvalue weighted by Crippen LogP contribution is -2.22. The largest absolute Gasteiger partial charge is 0.507 e. The van der Waals surface area contributed by atoms with Crippen LogP contribution < -0.4 is 9.80 Å². The van der Waals surface area contributed by atoms with Gasteiger partial charge in [-0.15, -0.1) is 0 Å². The van der Waals surface area contributed by atoms with Crippen LogP contribution in [0.4, 0.5) is 11.4 Å². The number of carbonyl (C=O) groups is 11. The highest BCUT2D eigenvalue weighted by molar-refractivity contribution is 14.1. The maximum absolute atomic E-state index is 10.5. The van der Waals surface area contributed by atoms with Crippen molar-refractivity contribution in [1.29, 1.82) is 0 Å². The summed E-state index contributed by atoms with van der Waals surface area (Å²) in [6.45, 7) is 21.5. The molecule has 11 rings (SSSR count). The van der Waals surface area contributed by atoms with E-state index in [1.807, 2.05) is 180 Å². The van der Waals surface area contributed by atoms with Crippen LogP contribution in [-0.2, 0) is 0 Å². The molecule has 118 heavy (non-hydrogen) atoms. The van der Waals surface area contributed by atoms with Crippen LogP contribution in [0.25, 0.3) is 0 Å².